The first-order chi connectivity index (χ1) is 7.06. The second kappa shape index (κ2) is 5.85. The Balaban J connectivity index is 2.89. The predicted octanol–water partition coefficient (Wildman–Crippen LogP) is 3.28. The van der Waals surface area contributed by atoms with E-state index in [1.54, 1.807) is 10.6 Å². The molecule has 0 amide bonds. The van der Waals surface area contributed by atoms with E-state index in [4.69, 9.17) is 0 Å². The molecule has 1 aromatic rings. The Bertz CT molecular complexity index is 373. The molecule has 0 aliphatic rings. The van der Waals surface area contributed by atoms with E-state index < -0.39 is 0 Å². The van der Waals surface area contributed by atoms with E-state index >= 15 is 0 Å². The third-order valence-electron chi connectivity index (χ3n) is 2.55. The Kier molecular flexibility index (Phi) is 5.06. The smallest absolute Gasteiger partial charge is 0.264 e. The van der Waals surface area contributed by atoms with Crippen molar-refractivity contribution in [1.82, 2.24) is 4.57 Å². The van der Waals surface area contributed by atoms with Crippen LogP contribution in [0.1, 0.15) is 13.8 Å². The Morgan fingerprint density at radius 1 is 1.47 bits per heavy atom. The summed E-state index contributed by atoms with van der Waals surface area (Å²) in [6.45, 7) is 5.12. The van der Waals surface area contributed by atoms with Gasteiger partial charge in [-0.05, 0) is 39.9 Å². The minimum Gasteiger partial charge on any atom is -0.314 e. The van der Waals surface area contributed by atoms with E-state index in [1.807, 2.05) is 12.3 Å². The molecule has 0 saturated carbocycles. The molecule has 1 unspecified atom stereocenters. The van der Waals surface area contributed by atoms with Crippen LogP contribution >= 0.6 is 31.9 Å². The largest absolute Gasteiger partial charge is 0.314 e. The van der Waals surface area contributed by atoms with Crippen molar-refractivity contribution in [3.05, 3.63) is 33.2 Å². The van der Waals surface area contributed by atoms with Crippen LogP contribution in [-0.2, 0) is 6.54 Å². The molecular formula is C11H15Br2NO. The van der Waals surface area contributed by atoms with Gasteiger partial charge < -0.3 is 4.57 Å². The Labute approximate surface area is 107 Å². The summed E-state index contributed by atoms with van der Waals surface area (Å²) < 4.78 is 2.39. The maximum absolute atomic E-state index is 11.7. The number of aromatic nitrogens is 1. The molecule has 1 atom stereocenters. The highest BCUT2D eigenvalue weighted by Crippen LogP contribution is 2.15. The summed E-state index contributed by atoms with van der Waals surface area (Å²) in [4.78, 5) is 11.7. The maximum Gasteiger partial charge on any atom is 0.264 e. The van der Waals surface area contributed by atoms with Crippen LogP contribution in [0.5, 0.6) is 0 Å². The van der Waals surface area contributed by atoms with E-state index in [2.05, 4.69) is 45.7 Å². The molecule has 0 aromatic carbocycles. The highest BCUT2D eigenvalue weighted by Gasteiger charge is 2.13. The van der Waals surface area contributed by atoms with Crippen LogP contribution in [0, 0.1) is 11.8 Å². The van der Waals surface area contributed by atoms with Gasteiger partial charge in [0.15, 0.2) is 0 Å². The number of nitrogens with zero attached hydrogens (tertiary/aromatic N) is 1. The zero-order valence-electron chi connectivity index (χ0n) is 8.91. The summed E-state index contributed by atoms with van der Waals surface area (Å²) in [6, 6.07) is 3.66. The molecule has 15 heavy (non-hydrogen) atoms. The van der Waals surface area contributed by atoms with Crippen molar-refractivity contribution in [2.45, 2.75) is 20.4 Å². The molecule has 84 valence electrons. The summed E-state index contributed by atoms with van der Waals surface area (Å²) in [5.41, 5.74) is 0.0455. The van der Waals surface area contributed by atoms with Crippen molar-refractivity contribution >= 4 is 31.9 Å². The highest BCUT2D eigenvalue weighted by molar-refractivity contribution is 9.10. The maximum atomic E-state index is 11.7. The molecule has 0 spiro atoms. The fourth-order valence-corrected chi connectivity index (χ4v) is 2.67. The van der Waals surface area contributed by atoms with Crippen LogP contribution in [0.2, 0.25) is 0 Å². The molecule has 4 heteroatoms. The van der Waals surface area contributed by atoms with Crippen molar-refractivity contribution in [3.63, 3.8) is 0 Å². The third-order valence-corrected chi connectivity index (χ3v) is 3.98. The van der Waals surface area contributed by atoms with Gasteiger partial charge >= 0.3 is 0 Å². The first-order valence-electron chi connectivity index (χ1n) is 4.97. The van der Waals surface area contributed by atoms with Gasteiger partial charge in [0.1, 0.15) is 0 Å². The van der Waals surface area contributed by atoms with Crippen molar-refractivity contribution < 1.29 is 0 Å². The summed E-state index contributed by atoms with van der Waals surface area (Å²) >= 11 is 6.74. The number of hydrogen-bond acceptors (Lipinski definition) is 1. The molecular weight excluding hydrogens is 322 g/mol. The number of pyridine rings is 1. The SMILES string of the molecule is CC(C)C(CBr)Cn1cccc(Br)c1=O. The fourth-order valence-electron chi connectivity index (χ4n) is 1.34. The third kappa shape index (κ3) is 3.45. The number of halogens is 2. The minimum absolute atomic E-state index is 0.0455. The quantitative estimate of drug-likeness (QED) is 0.773. The molecule has 0 aliphatic carbocycles. The molecule has 1 aromatic heterocycles. The average molecular weight is 337 g/mol. The second-order valence-corrected chi connectivity index (χ2v) is 5.47. The van der Waals surface area contributed by atoms with Gasteiger partial charge in [-0.3, -0.25) is 4.79 Å². The molecule has 0 N–H and O–H groups in total. The highest BCUT2D eigenvalue weighted by atomic mass is 79.9. The van der Waals surface area contributed by atoms with E-state index in [0.29, 0.717) is 16.3 Å². The topological polar surface area (TPSA) is 22.0 Å². The van der Waals surface area contributed by atoms with Gasteiger partial charge in [-0.15, -0.1) is 0 Å². The van der Waals surface area contributed by atoms with Crippen LogP contribution in [0.3, 0.4) is 0 Å². The Morgan fingerprint density at radius 3 is 2.67 bits per heavy atom. The lowest BCUT2D eigenvalue weighted by atomic mass is 9.98. The standard InChI is InChI=1S/C11H15Br2NO/c1-8(2)9(6-12)7-14-5-3-4-10(13)11(14)15/h3-5,8-9H,6-7H2,1-2H3. The molecule has 0 bridgehead atoms. The Hall–Kier alpha value is -0.0900. The molecule has 1 heterocycles. The summed E-state index contributed by atoms with van der Waals surface area (Å²) in [5.74, 6) is 1.05. The van der Waals surface area contributed by atoms with Crippen LogP contribution in [-0.4, -0.2) is 9.90 Å². The lowest BCUT2D eigenvalue weighted by molar-refractivity contribution is 0.368. The van der Waals surface area contributed by atoms with Gasteiger partial charge in [0.25, 0.3) is 5.56 Å². The molecule has 0 aliphatic heterocycles. The summed E-state index contributed by atoms with van der Waals surface area (Å²) in [7, 11) is 0. The van der Waals surface area contributed by atoms with Gasteiger partial charge in [-0.25, -0.2) is 0 Å². The molecule has 1 rings (SSSR count). The second-order valence-electron chi connectivity index (χ2n) is 3.97. The van der Waals surface area contributed by atoms with Gasteiger partial charge in [0, 0.05) is 18.1 Å². The fraction of sp³-hybridized carbons (Fsp3) is 0.545. The van der Waals surface area contributed by atoms with Gasteiger partial charge in [-0.2, -0.15) is 0 Å². The average Bonchev–Trinajstić information content (AvgIpc) is 2.19. The first kappa shape index (κ1) is 13.0. The monoisotopic (exact) mass is 335 g/mol. The number of alkyl halides is 1. The van der Waals surface area contributed by atoms with E-state index in [9.17, 15) is 4.79 Å². The van der Waals surface area contributed by atoms with Gasteiger partial charge in [0.05, 0.1) is 4.47 Å². The van der Waals surface area contributed by atoms with Crippen molar-refractivity contribution in [2.75, 3.05) is 5.33 Å². The van der Waals surface area contributed by atoms with Crippen LogP contribution in [0.25, 0.3) is 0 Å². The van der Waals surface area contributed by atoms with Crippen molar-refractivity contribution in [3.8, 4) is 0 Å². The van der Waals surface area contributed by atoms with Crippen molar-refractivity contribution in [2.24, 2.45) is 11.8 Å². The molecule has 0 fully saturated rings. The van der Waals surface area contributed by atoms with E-state index in [0.717, 1.165) is 11.9 Å². The zero-order chi connectivity index (χ0) is 11.4. The number of rotatable bonds is 4. The Morgan fingerprint density at radius 2 is 2.13 bits per heavy atom. The lowest BCUT2D eigenvalue weighted by Crippen LogP contribution is -2.26. The van der Waals surface area contributed by atoms with Crippen molar-refractivity contribution in [1.29, 1.82) is 0 Å². The molecule has 0 radical (unpaired) electrons. The zero-order valence-corrected chi connectivity index (χ0v) is 12.1. The van der Waals surface area contributed by atoms with Gasteiger partial charge in [0.2, 0.25) is 0 Å². The van der Waals surface area contributed by atoms with Gasteiger partial charge in [-0.1, -0.05) is 29.8 Å². The number of hydrogen-bond donors (Lipinski definition) is 0. The van der Waals surface area contributed by atoms with E-state index in [1.165, 1.54) is 0 Å². The van der Waals surface area contributed by atoms with Crippen LogP contribution < -0.4 is 5.56 Å². The predicted molar refractivity (Wildman–Crippen MR) is 70.5 cm³/mol. The summed E-state index contributed by atoms with van der Waals surface area (Å²) in [5, 5.41) is 0.920. The van der Waals surface area contributed by atoms with E-state index in [-0.39, 0.29) is 5.56 Å². The van der Waals surface area contributed by atoms with Crippen LogP contribution in [0.4, 0.5) is 0 Å². The van der Waals surface area contributed by atoms with Crippen LogP contribution in [0.15, 0.2) is 27.6 Å². The molecule has 2 nitrogen and oxygen atoms in total. The molecule has 0 saturated heterocycles. The summed E-state index contributed by atoms with van der Waals surface area (Å²) in [6.07, 6.45) is 1.84. The minimum atomic E-state index is 0.0455. The normalized spacial score (nSPS) is 13.1. The lowest BCUT2D eigenvalue weighted by Gasteiger charge is -2.19. The first-order valence-corrected chi connectivity index (χ1v) is 6.88.